The molecule has 4 amide bonds. The van der Waals surface area contributed by atoms with Crippen molar-refractivity contribution in [3.8, 4) is 0 Å². The average molecular weight is 640 g/mol. The predicted molar refractivity (Wildman–Crippen MR) is 174 cm³/mol. The van der Waals surface area contributed by atoms with E-state index in [9.17, 15) is 19.6 Å². The number of urea groups is 1. The van der Waals surface area contributed by atoms with Crippen LogP contribution >= 0.6 is 0 Å². The van der Waals surface area contributed by atoms with Gasteiger partial charge in [-0.25, -0.2) is 14.3 Å². The fraction of sp³-hybridized carbons (Fsp3) is 0.500. The SMILES string of the molecule is CC(=N)/C(=N\O)C(=O)N[C@H](C(=O)Nc1ccc2c(c1)CC(c1cn3ncccc3n1)(N1C[C@@H](C(C)C)NC1=O)C2)C(C1CC1)C1CC1. The first kappa shape index (κ1) is 30.8. The molecule has 0 spiro atoms. The van der Waals surface area contributed by atoms with Gasteiger partial charge in [0.15, 0.2) is 11.4 Å². The van der Waals surface area contributed by atoms with Gasteiger partial charge in [0.25, 0.3) is 5.91 Å². The number of carbonyl (C=O) groups is 3. The van der Waals surface area contributed by atoms with E-state index in [0.717, 1.165) is 42.5 Å². The van der Waals surface area contributed by atoms with E-state index in [1.54, 1.807) is 10.7 Å². The Hall–Kier alpha value is -4.81. The molecule has 5 N–H and O–H groups in total. The molecule has 0 bridgehead atoms. The van der Waals surface area contributed by atoms with E-state index in [2.05, 4.69) is 40.1 Å². The van der Waals surface area contributed by atoms with Gasteiger partial charge in [-0.2, -0.15) is 5.10 Å². The van der Waals surface area contributed by atoms with Crippen LogP contribution in [0.25, 0.3) is 5.65 Å². The first-order valence-electron chi connectivity index (χ1n) is 16.5. The number of oxime groups is 1. The Bertz CT molecular complexity index is 1750. The predicted octanol–water partition coefficient (Wildman–Crippen LogP) is 3.50. The number of amides is 4. The third kappa shape index (κ3) is 5.72. The van der Waals surface area contributed by atoms with Crippen molar-refractivity contribution in [3.05, 3.63) is 59.5 Å². The molecule has 3 fully saturated rings. The zero-order chi connectivity index (χ0) is 33.0. The molecule has 13 heteroatoms. The highest BCUT2D eigenvalue weighted by Gasteiger charge is 2.52. The van der Waals surface area contributed by atoms with Gasteiger partial charge in [0.1, 0.15) is 6.04 Å². The van der Waals surface area contributed by atoms with Crippen molar-refractivity contribution < 1.29 is 19.6 Å². The van der Waals surface area contributed by atoms with E-state index in [1.165, 1.54) is 6.92 Å². The van der Waals surface area contributed by atoms with E-state index in [-0.39, 0.29) is 35.5 Å². The second-order valence-electron chi connectivity index (χ2n) is 14.0. The third-order valence-electron chi connectivity index (χ3n) is 10.4. The van der Waals surface area contributed by atoms with E-state index in [0.29, 0.717) is 42.6 Å². The number of imidazole rings is 1. The van der Waals surface area contributed by atoms with Crippen LogP contribution in [0, 0.1) is 29.1 Å². The van der Waals surface area contributed by atoms with E-state index >= 15 is 0 Å². The number of hydrogen-bond donors (Lipinski definition) is 5. The van der Waals surface area contributed by atoms with Crippen LogP contribution in [-0.4, -0.2) is 72.6 Å². The van der Waals surface area contributed by atoms with Crippen LogP contribution in [0.1, 0.15) is 63.3 Å². The van der Waals surface area contributed by atoms with Gasteiger partial charge in [-0.3, -0.25) is 9.59 Å². The molecule has 1 aromatic carbocycles. The summed E-state index contributed by atoms with van der Waals surface area (Å²) in [5.74, 6) is -0.155. The normalized spacial score (nSPS) is 23.3. The quantitative estimate of drug-likeness (QED) is 0.122. The molecule has 47 heavy (non-hydrogen) atoms. The van der Waals surface area contributed by atoms with Crippen LogP contribution in [0.15, 0.2) is 47.9 Å². The minimum Gasteiger partial charge on any atom is -0.410 e. The molecular weight excluding hydrogens is 598 g/mol. The van der Waals surface area contributed by atoms with Gasteiger partial charge in [-0.05, 0) is 91.7 Å². The lowest BCUT2D eigenvalue weighted by molar-refractivity contribution is -0.124. The Morgan fingerprint density at radius 2 is 1.85 bits per heavy atom. The lowest BCUT2D eigenvalue weighted by Crippen LogP contribution is -2.52. The van der Waals surface area contributed by atoms with Crippen molar-refractivity contribution in [2.24, 2.45) is 28.8 Å². The second kappa shape index (κ2) is 11.8. The highest BCUT2D eigenvalue weighted by molar-refractivity contribution is 6.65. The van der Waals surface area contributed by atoms with Crippen LogP contribution < -0.4 is 16.0 Å². The molecule has 3 heterocycles. The number of hydrogen-bond acceptors (Lipinski definition) is 8. The molecule has 13 nitrogen and oxygen atoms in total. The number of nitrogens with zero attached hydrogens (tertiary/aromatic N) is 5. The number of benzene rings is 1. The Kier molecular flexibility index (Phi) is 7.72. The lowest BCUT2D eigenvalue weighted by atomic mass is 9.88. The fourth-order valence-electron chi connectivity index (χ4n) is 7.56. The monoisotopic (exact) mass is 639 g/mol. The Labute approximate surface area is 272 Å². The summed E-state index contributed by atoms with van der Waals surface area (Å²) in [6.07, 6.45) is 8.71. The number of anilines is 1. The Balaban J connectivity index is 1.18. The third-order valence-corrected chi connectivity index (χ3v) is 10.4. The topological polar surface area (TPSA) is 177 Å². The molecular formula is C34H41N9O4. The van der Waals surface area contributed by atoms with Crippen LogP contribution in [0.5, 0.6) is 0 Å². The van der Waals surface area contributed by atoms with Gasteiger partial charge in [0, 0.05) is 31.3 Å². The second-order valence-corrected chi connectivity index (χ2v) is 14.0. The number of nitrogens with one attached hydrogen (secondary N) is 4. The summed E-state index contributed by atoms with van der Waals surface area (Å²) < 4.78 is 1.73. The number of fused-ring (bicyclic) bond motifs is 2. The van der Waals surface area contributed by atoms with Crippen LogP contribution in [0.3, 0.4) is 0 Å². The van der Waals surface area contributed by atoms with Crippen LogP contribution in [0.4, 0.5) is 10.5 Å². The van der Waals surface area contributed by atoms with Gasteiger partial charge in [-0.1, -0.05) is 25.1 Å². The van der Waals surface area contributed by atoms with Crippen LogP contribution in [0.2, 0.25) is 0 Å². The van der Waals surface area contributed by atoms with Gasteiger partial charge in [0.2, 0.25) is 5.91 Å². The fourth-order valence-corrected chi connectivity index (χ4v) is 7.56. The molecule has 1 aliphatic heterocycles. The highest BCUT2D eigenvalue weighted by atomic mass is 16.4. The molecule has 246 valence electrons. The zero-order valence-electron chi connectivity index (χ0n) is 26.9. The first-order valence-corrected chi connectivity index (χ1v) is 16.5. The summed E-state index contributed by atoms with van der Waals surface area (Å²) in [4.78, 5) is 47.4. The van der Waals surface area contributed by atoms with Crippen molar-refractivity contribution in [3.63, 3.8) is 0 Å². The number of aromatic nitrogens is 3. The maximum atomic E-state index is 14.0. The van der Waals surface area contributed by atoms with Crippen molar-refractivity contribution in [1.29, 1.82) is 5.41 Å². The lowest BCUT2D eigenvalue weighted by Gasteiger charge is -2.37. The summed E-state index contributed by atoms with van der Waals surface area (Å²) >= 11 is 0. The van der Waals surface area contributed by atoms with Gasteiger partial charge in [0.05, 0.1) is 29.2 Å². The maximum absolute atomic E-state index is 14.0. The summed E-state index contributed by atoms with van der Waals surface area (Å²) in [5, 5.41) is 33.7. The number of rotatable bonds is 11. The van der Waals surface area contributed by atoms with E-state index < -0.39 is 23.2 Å². The minimum atomic E-state index is -0.835. The first-order chi connectivity index (χ1) is 22.6. The average Bonchev–Trinajstić information content (AvgIpc) is 3.93. The smallest absolute Gasteiger partial charge is 0.318 e. The van der Waals surface area contributed by atoms with Crippen molar-refractivity contribution >= 4 is 40.6 Å². The summed E-state index contributed by atoms with van der Waals surface area (Å²) in [6, 6.07) is 8.61. The van der Waals surface area contributed by atoms with Gasteiger partial charge in [-0.15, -0.1) is 0 Å². The van der Waals surface area contributed by atoms with Crippen LogP contribution in [-0.2, 0) is 28.0 Å². The maximum Gasteiger partial charge on any atom is 0.318 e. The zero-order valence-corrected chi connectivity index (χ0v) is 26.9. The molecule has 1 unspecified atom stereocenters. The molecule has 3 aliphatic carbocycles. The van der Waals surface area contributed by atoms with E-state index in [1.807, 2.05) is 41.4 Å². The van der Waals surface area contributed by atoms with Crippen molar-refractivity contribution in [2.75, 3.05) is 11.9 Å². The summed E-state index contributed by atoms with van der Waals surface area (Å²) in [7, 11) is 0. The molecule has 2 saturated carbocycles. The largest absolute Gasteiger partial charge is 0.410 e. The minimum absolute atomic E-state index is 0.0129. The molecule has 1 saturated heterocycles. The summed E-state index contributed by atoms with van der Waals surface area (Å²) in [6.45, 7) is 6.12. The molecule has 2 aromatic heterocycles. The Morgan fingerprint density at radius 3 is 2.47 bits per heavy atom. The number of carbonyl (C=O) groups excluding carboxylic acids is 3. The molecule has 0 radical (unpaired) electrons. The van der Waals surface area contributed by atoms with E-state index in [4.69, 9.17) is 10.4 Å². The van der Waals surface area contributed by atoms with Gasteiger partial charge < -0.3 is 31.5 Å². The van der Waals surface area contributed by atoms with Crippen molar-refractivity contribution in [2.45, 2.75) is 76.9 Å². The van der Waals surface area contributed by atoms with Crippen molar-refractivity contribution in [1.82, 2.24) is 30.1 Å². The summed E-state index contributed by atoms with van der Waals surface area (Å²) in [5.41, 5.74) is 2.80. The standard InChI is InChI=1S/C34H41N9O4/c1-18(2)25-16-42(33(46)38-25)34(26-17-43-27(39-26)5-4-12-36-43)14-22-10-11-24(13-23(22)15-34)37-32(45)30(28(20-6-7-20)21-8-9-21)40-31(44)29(41-47)19(3)35/h4-5,10-13,17-18,20-21,25,28,30,35,47H,6-9,14-16H2,1-3H3,(H,37,45)(H,38,46)(H,40,44)/b35-19?,41-29+/t25-,30-,34?/m0/s1. The molecule has 7 rings (SSSR count). The van der Waals surface area contributed by atoms with Gasteiger partial charge >= 0.3 is 6.03 Å². The molecule has 4 aliphatic rings. The Morgan fingerprint density at radius 1 is 1.13 bits per heavy atom. The molecule has 3 atom stereocenters. The molecule has 3 aromatic rings. The highest BCUT2D eigenvalue weighted by Crippen LogP contribution is 2.51.